The Kier molecular flexibility index (Phi) is 4.74. The van der Waals surface area contributed by atoms with Gasteiger partial charge in [0.25, 0.3) is 0 Å². The van der Waals surface area contributed by atoms with E-state index in [1.807, 2.05) is 0 Å². The van der Waals surface area contributed by atoms with Gasteiger partial charge < -0.3 is 29.9 Å². The first-order valence-electron chi connectivity index (χ1n) is 8.18. The van der Waals surface area contributed by atoms with Crippen molar-refractivity contribution in [2.24, 2.45) is 0 Å². The standard InChI is InChI=1S/C15H24N2O6/c18-10-1-3-11(4-2-10)23-7-12-15(5-6-17(12)14(20)21)9-22-8-13(19)16-15/h10-12,18H,1-9H2,(H,16,19)(H,20,21). The molecule has 8 nitrogen and oxygen atoms in total. The second-order valence-corrected chi connectivity index (χ2v) is 6.70. The van der Waals surface area contributed by atoms with Crippen molar-refractivity contribution in [1.82, 2.24) is 10.2 Å². The van der Waals surface area contributed by atoms with Gasteiger partial charge in [0, 0.05) is 6.54 Å². The summed E-state index contributed by atoms with van der Waals surface area (Å²) < 4.78 is 11.3. The first-order valence-corrected chi connectivity index (χ1v) is 8.18. The number of likely N-dealkylation sites (tertiary alicyclic amines) is 1. The average Bonchev–Trinajstić information content (AvgIpc) is 2.84. The first kappa shape index (κ1) is 16.5. The van der Waals surface area contributed by atoms with Crippen LogP contribution in [-0.2, 0) is 14.3 Å². The Morgan fingerprint density at radius 1 is 1.39 bits per heavy atom. The number of rotatable bonds is 3. The predicted octanol–water partition coefficient (Wildman–Crippen LogP) is -0.0560. The molecule has 3 fully saturated rings. The normalized spacial score (nSPS) is 37.9. The van der Waals surface area contributed by atoms with Crippen LogP contribution in [0, 0.1) is 0 Å². The molecule has 8 heteroatoms. The molecule has 3 aliphatic rings. The molecule has 0 bridgehead atoms. The van der Waals surface area contributed by atoms with E-state index in [2.05, 4.69) is 5.32 Å². The topological polar surface area (TPSA) is 108 Å². The summed E-state index contributed by atoms with van der Waals surface area (Å²) in [6.07, 6.45) is 2.28. The lowest BCUT2D eigenvalue weighted by Gasteiger charge is -2.40. The van der Waals surface area contributed by atoms with E-state index in [-0.39, 0.29) is 31.3 Å². The van der Waals surface area contributed by atoms with Crippen LogP contribution in [0.3, 0.4) is 0 Å². The predicted molar refractivity (Wildman–Crippen MR) is 79.0 cm³/mol. The van der Waals surface area contributed by atoms with Crippen molar-refractivity contribution in [3.8, 4) is 0 Å². The van der Waals surface area contributed by atoms with Crippen molar-refractivity contribution >= 4 is 12.0 Å². The van der Waals surface area contributed by atoms with Gasteiger partial charge in [-0.15, -0.1) is 0 Å². The van der Waals surface area contributed by atoms with Gasteiger partial charge in [-0.1, -0.05) is 0 Å². The molecule has 3 rings (SSSR count). The highest BCUT2D eigenvalue weighted by Gasteiger charge is 2.52. The lowest BCUT2D eigenvalue weighted by Crippen LogP contribution is -2.65. The first-order chi connectivity index (χ1) is 11.0. The molecule has 2 unspecified atom stereocenters. The third-order valence-electron chi connectivity index (χ3n) is 5.17. The minimum absolute atomic E-state index is 0.0168. The second-order valence-electron chi connectivity index (χ2n) is 6.70. The molecule has 3 N–H and O–H groups in total. The molecule has 1 saturated carbocycles. The number of nitrogens with one attached hydrogen (secondary N) is 1. The zero-order chi connectivity index (χ0) is 16.4. The van der Waals surface area contributed by atoms with Gasteiger partial charge in [0.1, 0.15) is 6.61 Å². The van der Waals surface area contributed by atoms with Crippen LogP contribution in [-0.4, -0.2) is 77.3 Å². The molecule has 0 radical (unpaired) electrons. The lowest BCUT2D eigenvalue weighted by atomic mass is 9.90. The summed E-state index contributed by atoms with van der Waals surface area (Å²) in [5.74, 6) is -0.214. The van der Waals surface area contributed by atoms with Crippen molar-refractivity contribution in [3.63, 3.8) is 0 Å². The number of carbonyl (C=O) groups excluding carboxylic acids is 1. The van der Waals surface area contributed by atoms with Crippen molar-refractivity contribution in [3.05, 3.63) is 0 Å². The molecular formula is C15H24N2O6. The maximum Gasteiger partial charge on any atom is 0.407 e. The number of amides is 2. The number of aliphatic hydroxyl groups excluding tert-OH is 1. The van der Waals surface area contributed by atoms with Crippen LogP contribution in [0.25, 0.3) is 0 Å². The fourth-order valence-electron chi connectivity index (χ4n) is 3.85. The van der Waals surface area contributed by atoms with E-state index in [1.165, 1.54) is 4.90 Å². The fourth-order valence-corrected chi connectivity index (χ4v) is 3.85. The van der Waals surface area contributed by atoms with Gasteiger partial charge in [-0.05, 0) is 32.1 Å². The van der Waals surface area contributed by atoms with Gasteiger partial charge in [-0.2, -0.15) is 0 Å². The van der Waals surface area contributed by atoms with Crippen LogP contribution in [0.2, 0.25) is 0 Å². The molecule has 2 aliphatic heterocycles. The number of ether oxygens (including phenoxy) is 2. The van der Waals surface area contributed by atoms with E-state index < -0.39 is 17.7 Å². The van der Waals surface area contributed by atoms with E-state index in [4.69, 9.17) is 9.47 Å². The lowest BCUT2D eigenvalue weighted by molar-refractivity contribution is -0.137. The van der Waals surface area contributed by atoms with Gasteiger partial charge >= 0.3 is 6.09 Å². The van der Waals surface area contributed by atoms with Crippen LogP contribution < -0.4 is 5.32 Å². The maximum atomic E-state index is 11.7. The third kappa shape index (κ3) is 3.44. The molecule has 130 valence electrons. The van der Waals surface area contributed by atoms with Crippen molar-refractivity contribution in [1.29, 1.82) is 0 Å². The number of morpholine rings is 1. The summed E-state index contributed by atoms with van der Waals surface area (Å²) in [5, 5.41) is 21.9. The van der Waals surface area contributed by atoms with Crippen LogP contribution in [0.4, 0.5) is 4.79 Å². The summed E-state index contributed by atoms with van der Waals surface area (Å²) in [6, 6.07) is -0.448. The Bertz CT molecular complexity index is 465. The summed E-state index contributed by atoms with van der Waals surface area (Å²) in [6.45, 7) is 0.913. The fraction of sp³-hybridized carbons (Fsp3) is 0.867. The van der Waals surface area contributed by atoms with Gasteiger partial charge in [0.2, 0.25) is 5.91 Å². The van der Waals surface area contributed by atoms with Gasteiger partial charge in [-0.25, -0.2) is 4.79 Å². The Balaban J connectivity index is 1.66. The van der Waals surface area contributed by atoms with E-state index >= 15 is 0 Å². The third-order valence-corrected chi connectivity index (χ3v) is 5.17. The number of aliphatic hydroxyl groups is 1. The molecule has 1 aliphatic carbocycles. The summed E-state index contributed by atoms with van der Waals surface area (Å²) in [7, 11) is 0. The number of carbonyl (C=O) groups is 2. The minimum atomic E-state index is -1.01. The molecule has 2 heterocycles. The van der Waals surface area contributed by atoms with E-state index in [0.717, 1.165) is 12.8 Å². The largest absolute Gasteiger partial charge is 0.465 e. The zero-order valence-corrected chi connectivity index (χ0v) is 13.1. The molecule has 0 aromatic carbocycles. The number of nitrogens with zero attached hydrogens (tertiary/aromatic N) is 1. The molecule has 2 amide bonds. The number of hydrogen-bond acceptors (Lipinski definition) is 5. The average molecular weight is 328 g/mol. The Hall–Kier alpha value is -1.38. The zero-order valence-electron chi connectivity index (χ0n) is 13.1. The molecular weight excluding hydrogens is 304 g/mol. The van der Waals surface area contributed by atoms with Crippen LogP contribution in [0.1, 0.15) is 32.1 Å². The molecule has 0 aromatic rings. The Labute approximate surface area is 134 Å². The number of hydrogen-bond donors (Lipinski definition) is 3. The van der Waals surface area contributed by atoms with E-state index in [0.29, 0.717) is 32.4 Å². The maximum absolute atomic E-state index is 11.7. The van der Waals surface area contributed by atoms with Crippen molar-refractivity contribution in [2.75, 3.05) is 26.4 Å². The van der Waals surface area contributed by atoms with E-state index in [9.17, 15) is 19.8 Å². The minimum Gasteiger partial charge on any atom is -0.465 e. The van der Waals surface area contributed by atoms with Crippen molar-refractivity contribution < 1.29 is 29.3 Å². The monoisotopic (exact) mass is 328 g/mol. The highest BCUT2D eigenvalue weighted by molar-refractivity contribution is 5.79. The Morgan fingerprint density at radius 3 is 2.78 bits per heavy atom. The second kappa shape index (κ2) is 6.62. The van der Waals surface area contributed by atoms with E-state index in [1.54, 1.807) is 0 Å². The summed E-state index contributed by atoms with van der Waals surface area (Å²) in [4.78, 5) is 24.6. The van der Waals surface area contributed by atoms with Crippen molar-refractivity contribution in [2.45, 2.75) is 55.9 Å². The van der Waals surface area contributed by atoms with Crippen LogP contribution in [0.5, 0.6) is 0 Å². The van der Waals surface area contributed by atoms with Crippen LogP contribution >= 0.6 is 0 Å². The quantitative estimate of drug-likeness (QED) is 0.670. The molecule has 23 heavy (non-hydrogen) atoms. The van der Waals surface area contributed by atoms with Gasteiger partial charge in [0.05, 0.1) is 37.0 Å². The molecule has 1 spiro atoms. The molecule has 0 aromatic heterocycles. The SMILES string of the molecule is O=C1COCC2(CCN(C(=O)O)C2COC2CCC(O)CC2)N1. The van der Waals surface area contributed by atoms with Crippen LogP contribution in [0.15, 0.2) is 0 Å². The van der Waals surface area contributed by atoms with Gasteiger partial charge in [-0.3, -0.25) is 4.79 Å². The summed E-state index contributed by atoms with van der Waals surface area (Å²) >= 11 is 0. The van der Waals surface area contributed by atoms with Gasteiger partial charge in [0.15, 0.2) is 0 Å². The number of carboxylic acid groups (broad SMARTS) is 1. The molecule has 2 saturated heterocycles. The smallest absolute Gasteiger partial charge is 0.407 e. The molecule has 2 atom stereocenters. The summed E-state index contributed by atoms with van der Waals surface area (Å²) in [5.41, 5.74) is -0.693. The highest BCUT2D eigenvalue weighted by Crippen LogP contribution is 2.32. The Morgan fingerprint density at radius 2 is 2.13 bits per heavy atom. The highest BCUT2D eigenvalue weighted by atomic mass is 16.5.